The Balaban J connectivity index is 4.27. The number of nitrogens with zero attached hydrogens (tertiary/aromatic N) is 1. The van der Waals surface area contributed by atoms with Gasteiger partial charge in [-0.3, -0.25) is 4.79 Å². The van der Waals surface area contributed by atoms with E-state index in [0.29, 0.717) is 19.5 Å². The number of carbonyl (C=O) groups excluding carboxylic acids is 2. The lowest BCUT2D eigenvalue weighted by molar-refractivity contribution is -0.139. The van der Waals surface area contributed by atoms with Crippen molar-refractivity contribution in [2.45, 2.75) is 40.2 Å². The van der Waals surface area contributed by atoms with E-state index in [1.807, 2.05) is 27.7 Å². The fourth-order valence-electron chi connectivity index (χ4n) is 1.75. The van der Waals surface area contributed by atoms with E-state index < -0.39 is 18.0 Å². The van der Waals surface area contributed by atoms with Gasteiger partial charge in [0, 0.05) is 13.1 Å². The van der Waals surface area contributed by atoms with Gasteiger partial charge in [-0.05, 0) is 26.2 Å². The Morgan fingerprint density at radius 2 is 1.70 bits per heavy atom. The predicted molar refractivity (Wildman–Crippen MR) is 75.3 cm³/mol. The van der Waals surface area contributed by atoms with Crippen LogP contribution in [-0.4, -0.2) is 53.6 Å². The molecule has 0 aliphatic heterocycles. The molecule has 7 heteroatoms. The molecule has 0 aromatic carbocycles. The minimum Gasteiger partial charge on any atom is -0.480 e. The number of nitrogens with one attached hydrogen (secondary N) is 2. The molecule has 0 heterocycles. The summed E-state index contributed by atoms with van der Waals surface area (Å²) in [6.07, 6.45) is 0.340. The molecule has 0 saturated carbocycles. The topological polar surface area (TPSA) is 98.7 Å². The molecule has 0 bridgehead atoms. The van der Waals surface area contributed by atoms with Crippen molar-refractivity contribution >= 4 is 17.9 Å². The van der Waals surface area contributed by atoms with E-state index in [9.17, 15) is 14.4 Å². The second-order valence-corrected chi connectivity index (χ2v) is 4.91. The number of amides is 3. The average Bonchev–Trinajstić information content (AvgIpc) is 2.36. The van der Waals surface area contributed by atoms with Crippen LogP contribution in [0.25, 0.3) is 0 Å². The Hall–Kier alpha value is -1.79. The number of carboxylic acid groups (broad SMARTS) is 1. The molecule has 3 amide bonds. The van der Waals surface area contributed by atoms with Crippen LogP contribution in [-0.2, 0) is 9.59 Å². The SMILES string of the molecule is CCN(CC)C(=O)CNC(=O)N[C@@H](CC(C)C)C(=O)O. The van der Waals surface area contributed by atoms with Crippen LogP contribution in [0.3, 0.4) is 0 Å². The van der Waals surface area contributed by atoms with Crippen LogP contribution in [0.4, 0.5) is 4.79 Å². The van der Waals surface area contributed by atoms with Crippen LogP contribution in [0.1, 0.15) is 34.1 Å². The summed E-state index contributed by atoms with van der Waals surface area (Å²) in [5.41, 5.74) is 0. The third kappa shape index (κ3) is 6.96. The number of hydrogen-bond acceptors (Lipinski definition) is 3. The fourth-order valence-corrected chi connectivity index (χ4v) is 1.75. The second-order valence-electron chi connectivity index (χ2n) is 4.91. The van der Waals surface area contributed by atoms with E-state index in [4.69, 9.17) is 5.11 Å². The molecule has 116 valence electrons. The van der Waals surface area contributed by atoms with Crippen LogP contribution in [0.2, 0.25) is 0 Å². The van der Waals surface area contributed by atoms with E-state index in [1.165, 1.54) is 0 Å². The van der Waals surface area contributed by atoms with Gasteiger partial charge in [0.05, 0.1) is 6.54 Å². The first kappa shape index (κ1) is 18.2. The highest BCUT2D eigenvalue weighted by atomic mass is 16.4. The van der Waals surface area contributed by atoms with E-state index in [2.05, 4.69) is 10.6 Å². The molecule has 3 N–H and O–H groups in total. The Morgan fingerprint density at radius 1 is 1.15 bits per heavy atom. The molecule has 0 aromatic heterocycles. The molecular weight excluding hydrogens is 262 g/mol. The van der Waals surface area contributed by atoms with E-state index in [1.54, 1.807) is 4.90 Å². The van der Waals surface area contributed by atoms with Gasteiger partial charge < -0.3 is 20.6 Å². The maximum absolute atomic E-state index is 11.7. The zero-order valence-corrected chi connectivity index (χ0v) is 12.6. The van der Waals surface area contributed by atoms with Crippen molar-refractivity contribution in [2.24, 2.45) is 5.92 Å². The Labute approximate surface area is 119 Å². The van der Waals surface area contributed by atoms with Crippen LogP contribution >= 0.6 is 0 Å². The van der Waals surface area contributed by atoms with Gasteiger partial charge in [-0.1, -0.05) is 13.8 Å². The summed E-state index contributed by atoms with van der Waals surface area (Å²) in [7, 11) is 0. The monoisotopic (exact) mass is 287 g/mol. The molecule has 0 aromatic rings. The molecule has 0 fully saturated rings. The van der Waals surface area contributed by atoms with Crippen LogP contribution < -0.4 is 10.6 Å². The number of hydrogen-bond donors (Lipinski definition) is 3. The first-order valence-electron chi connectivity index (χ1n) is 6.86. The first-order chi connectivity index (χ1) is 9.31. The molecule has 0 spiro atoms. The van der Waals surface area contributed by atoms with Crippen LogP contribution in [0.5, 0.6) is 0 Å². The summed E-state index contributed by atoms with van der Waals surface area (Å²) in [6.45, 7) is 8.46. The first-order valence-corrected chi connectivity index (χ1v) is 6.86. The summed E-state index contributed by atoms with van der Waals surface area (Å²) in [5.74, 6) is -1.13. The van der Waals surface area contributed by atoms with Gasteiger partial charge in [0.15, 0.2) is 0 Å². The van der Waals surface area contributed by atoms with Gasteiger partial charge in [0.25, 0.3) is 0 Å². The van der Waals surface area contributed by atoms with Crippen molar-refractivity contribution in [3.05, 3.63) is 0 Å². The average molecular weight is 287 g/mol. The number of carboxylic acids is 1. The third-order valence-electron chi connectivity index (χ3n) is 2.83. The van der Waals surface area contributed by atoms with E-state index in [0.717, 1.165) is 0 Å². The lowest BCUT2D eigenvalue weighted by atomic mass is 10.0. The normalized spacial score (nSPS) is 11.8. The summed E-state index contributed by atoms with van der Waals surface area (Å²) < 4.78 is 0. The molecule has 0 aliphatic carbocycles. The zero-order valence-electron chi connectivity index (χ0n) is 12.6. The summed E-state index contributed by atoms with van der Waals surface area (Å²) >= 11 is 0. The van der Waals surface area contributed by atoms with Gasteiger partial charge >= 0.3 is 12.0 Å². The minimum atomic E-state index is -1.08. The summed E-state index contributed by atoms with van der Waals surface area (Å²) in [6, 6.07) is -1.59. The molecule has 7 nitrogen and oxygen atoms in total. The van der Waals surface area contributed by atoms with Crippen molar-refractivity contribution in [3.63, 3.8) is 0 Å². The standard InChI is InChI=1S/C13H25N3O4/c1-5-16(6-2)11(17)8-14-13(20)15-10(12(18)19)7-9(3)4/h9-10H,5-8H2,1-4H3,(H,18,19)(H2,14,15,20)/t10-/m0/s1. The number of aliphatic carboxylic acids is 1. The second kappa shape index (κ2) is 9.17. The van der Waals surface area contributed by atoms with Crippen molar-refractivity contribution in [1.82, 2.24) is 15.5 Å². The Bertz CT molecular complexity index is 341. The van der Waals surface area contributed by atoms with E-state index >= 15 is 0 Å². The highest BCUT2D eigenvalue weighted by Crippen LogP contribution is 2.04. The van der Waals surface area contributed by atoms with Gasteiger partial charge in [0.1, 0.15) is 6.04 Å². The Morgan fingerprint density at radius 3 is 2.10 bits per heavy atom. The van der Waals surface area contributed by atoms with Crippen molar-refractivity contribution in [3.8, 4) is 0 Å². The highest BCUT2D eigenvalue weighted by molar-refractivity contribution is 5.86. The Kier molecular flexibility index (Phi) is 8.35. The van der Waals surface area contributed by atoms with Gasteiger partial charge in [-0.2, -0.15) is 0 Å². The minimum absolute atomic E-state index is 0.137. The molecule has 0 rings (SSSR count). The smallest absolute Gasteiger partial charge is 0.326 e. The quantitative estimate of drug-likeness (QED) is 0.610. The van der Waals surface area contributed by atoms with Gasteiger partial charge in [-0.15, -0.1) is 0 Å². The molecule has 20 heavy (non-hydrogen) atoms. The van der Waals surface area contributed by atoms with Crippen LogP contribution in [0.15, 0.2) is 0 Å². The molecule has 1 atom stereocenters. The van der Waals surface area contributed by atoms with Gasteiger partial charge in [-0.25, -0.2) is 9.59 Å². The lowest BCUT2D eigenvalue weighted by Gasteiger charge is -2.20. The molecule has 0 aliphatic rings. The fraction of sp³-hybridized carbons (Fsp3) is 0.769. The molecule has 0 radical (unpaired) electrons. The van der Waals surface area contributed by atoms with Crippen molar-refractivity contribution < 1.29 is 19.5 Å². The number of likely N-dealkylation sites (N-methyl/N-ethyl adjacent to an activating group) is 1. The lowest BCUT2D eigenvalue weighted by Crippen LogP contribution is -2.49. The van der Waals surface area contributed by atoms with Crippen molar-refractivity contribution in [1.29, 1.82) is 0 Å². The van der Waals surface area contributed by atoms with Crippen molar-refractivity contribution in [2.75, 3.05) is 19.6 Å². The number of urea groups is 1. The number of carbonyl (C=O) groups is 3. The molecule has 0 saturated heterocycles. The van der Waals surface area contributed by atoms with E-state index in [-0.39, 0.29) is 18.4 Å². The maximum Gasteiger partial charge on any atom is 0.326 e. The summed E-state index contributed by atoms with van der Waals surface area (Å²) in [5, 5.41) is 13.7. The maximum atomic E-state index is 11.7. The van der Waals surface area contributed by atoms with Crippen LogP contribution in [0, 0.1) is 5.92 Å². The zero-order chi connectivity index (χ0) is 15.7. The molecular formula is C13H25N3O4. The third-order valence-corrected chi connectivity index (χ3v) is 2.83. The predicted octanol–water partition coefficient (Wildman–Crippen LogP) is 0.653. The highest BCUT2D eigenvalue weighted by Gasteiger charge is 2.21. The number of rotatable bonds is 8. The summed E-state index contributed by atoms with van der Waals surface area (Å²) in [4.78, 5) is 35.8. The largest absolute Gasteiger partial charge is 0.480 e. The van der Waals surface area contributed by atoms with Gasteiger partial charge in [0.2, 0.25) is 5.91 Å². The molecule has 0 unspecified atom stereocenters.